The molecule has 0 saturated heterocycles. The molecule has 3 rings (SSSR count). The van der Waals surface area contributed by atoms with Crippen molar-refractivity contribution in [3.05, 3.63) is 42.1 Å². The van der Waals surface area contributed by atoms with Gasteiger partial charge in [-0.1, -0.05) is 43.2 Å². The fourth-order valence-corrected chi connectivity index (χ4v) is 2.76. The maximum Gasteiger partial charge on any atom is 0.0700 e. The van der Waals surface area contributed by atoms with Crippen LogP contribution in [0.2, 0.25) is 0 Å². The summed E-state index contributed by atoms with van der Waals surface area (Å²) in [5.74, 6) is 0. The molecule has 0 spiro atoms. The summed E-state index contributed by atoms with van der Waals surface area (Å²) in [5, 5.41) is 7.28. The Bertz CT molecular complexity index is 495. The number of nitrogens with one attached hydrogen (secondary N) is 1. The maximum atomic E-state index is 6.50. The molecule has 2 aromatic rings. The molecule has 1 heterocycles. The van der Waals surface area contributed by atoms with Crippen LogP contribution in [0.15, 0.2) is 36.5 Å². The van der Waals surface area contributed by atoms with Gasteiger partial charge in [-0.05, 0) is 18.4 Å². The Morgan fingerprint density at radius 1 is 1.12 bits per heavy atom. The van der Waals surface area contributed by atoms with E-state index in [1.807, 2.05) is 24.4 Å². The van der Waals surface area contributed by atoms with Gasteiger partial charge in [0.2, 0.25) is 0 Å². The minimum Gasteiger partial charge on any atom is -0.321 e. The van der Waals surface area contributed by atoms with Gasteiger partial charge in [-0.25, -0.2) is 0 Å². The summed E-state index contributed by atoms with van der Waals surface area (Å²) in [7, 11) is 0. The molecule has 88 valence electrons. The zero-order valence-corrected chi connectivity index (χ0v) is 9.82. The average Bonchev–Trinajstić information content (AvgIpc) is 2.99. The summed E-state index contributed by atoms with van der Waals surface area (Å²) in [5.41, 5.74) is 9.73. The van der Waals surface area contributed by atoms with Crippen LogP contribution in [-0.4, -0.2) is 10.2 Å². The third-order valence-electron chi connectivity index (χ3n) is 3.73. The first-order valence-electron chi connectivity index (χ1n) is 6.18. The topological polar surface area (TPSA) is 54.7 Å². The molecule has 1 aliphatic rings. The first-order valence-corrected chi connectivity index (χ1v) is 6.18. The average molecular weight is 227 g/mol. The highest BCUT2D eigenvalue weighted by atomic mass is 15.1. The van der Waals surface area contributed by atoms with Crippen molar-refractivity contribution in [1.82, 2.24) is 10.2 Å². The highest BCUT2D eigenvalue weighted by Gasteiger charge is 2.34. The third-order valence-corrected chi connectivity index (χ3v) is 3.73. The molecule has 0 bridgehead atoms. The van der Waals surface area contributed by atoms with Crippen molar-refractivity contribution in [1.29, 1.82) is 0 Å². The normalized spacial score (nSPS) is 18.4. The molecule has 0 aliphatic heterocycles. The van der Waals surface area contributed by atoms with Gasteiger partial charge in [0.25, 0.3) is 0 Å². The van der Waals surface area contributed by atoms with Crippen molar-refractivity contribution in [2.24, 2.45) is 5.73 Å². The molecule has 1 aliphatic carbocycles. The summed E-state index contributed by atoms with van der Waals surface area (Å²) in [6.45, 7) is 0. The fourth-order valence-electron chi connectivity index (χ4n) is 2.76. The van der Waals surface area contributed by atoms with E-state index in [-0.39, 0.29) is 5.54 Å². The second kappa shape index (κ2) is 4.00. The molecule has 3 N–H and O–H groups in total. The summed E-state index contributed by atoms with van der Waals surface area (Å²) >= 11 is 0. The maximum absolute atomic E-state index is 6.50. The first-order chi connectivity index (χ1) is 8.30. The Balaban J connectivity index is 2.05. The van der Waals surface area contributed by atoms with E-state index < -0.39 is 0 Å². The van der Waals surface area contributed by atoms with Crippen LogP contribution < -0.4 is 5.73 Å². The molecule has 1 aromatic heterocycles. The van der Waals surface area contributed by atoms with E-state index in [1.165, 1.54) is 18.4 Å². The lowest BCUT2D eigenvalue weighted by molar-refractivity contribution is 0.463. The monoisotopic (exact) mass is 227 g/mol. The van der Waals surface area contributed by atoms with Crippen molar-refractivity contribution >= 4 is 0 Å². The lowest BCUT2D eigenvalue weighted by Crippen LogP contribution is -2.33. The summed E-state index contributed by atoms with van der Waals surface area (Å²) in [6.07, 6.45) is 6.46. The molecule has 3 nitrogen and oxygen atoms in total. The Labute approximate surface area is 101 Å². The number of nitrogens with zero attached hydrogens (tertiary/aromatic N) is 1. The van der Waals surface area contributed by atoms with E-state index in [2.05, 4.69) is 22.3 Å². The summed E-state index contributed by atoms with van der Waals surface area (Å²) in [4.78, 5) is 0. The van der Waals surface area contributed by atoms with Gasteiger partial charge < -0.3 is 5.73 Å². The molecular formula is C14H17N3. The largest absolute Gasteiger partial charge is 0.321 e. The standard InChI is InChI=1S/C14H17N3/c15-14(8-4-5-9-14)12-10-16-17-13(12)11-6-2-1-3-7-11/h1-3,6-7,10H,4-5,8-9,15H2,(H,16,17). The zero-order chi connectivity index (χ0) is 11.7. The van der Waals surface area contributed by atoms with Gasteiger partial charge in [-0.3, -0.25) is 5.10 Å². The molecule has 1 saturated carbocycles. The van der Waals surface area contributed by atoms with Crippen LogP contribution >= 0.6 is 0 Å². The van der Waals surface area contributed by atoms with Crippen LogP contribution in [0.4, 0.5) is 0 Å². The third kappa shape index (κ3) is 1.76. The second-order valence-corrected chi connectivity index (χ2v) is 4.89. The van der Waals surface area contributed by atoms with Crippen molar-refractivity contribution in [3.8, 4) is 11.3 Å². The number of hydrogen-bond acceptors (Lipinski definition) is 2. The van der Waals surface area contributed by atoms with Gasteiger partial charge in [0.05, 0.1) is 11.9 Å². The highest BCUT2D eigenvalue weighted by molar-refractivity contribution is 5.64. The number of hydrogen-bond donors (Lipinski definition) is 2. The quantitative estimate of drug-likeness (QED) is 0.828. The van der Waals surface area contributed by atoms with E-state index in [9.17, 15) is 0 Å². The number of rotatable bonds is 2. The van der Waals surface area contributed by atoms with Crippen LogP contribution in [0.25, 0.3) is 11.3 Å². The number of nitrogens with two attached hydrogens (primary N) is 1. The van der Waals surface area contributed by atoms with Crippen LogP contribution in [-0.2, 0) is 5.54 Å². The summed E-state index contributed by atoms with van der Waals surface area (Å²) < 4.78 is 0. The first kappa shape index (κ1) is 10.5. The Morgan fingerprint density at radius 3 is 2.53 bits per heavy atom. The second-order valence-electron chi connectivity index (χ2n) is 4.89. The van der Waals surface area contributed by atoms with Gasteiger partial charge in [0.15, 0.2) is 0 Å². The van der Waals surface area contributed by atoms with Crippen molar-refractivity contribution in [2.75, 3.05) is 0 Å². The lowest BCUT2D eigenvalue weighted by atomic mass is 9.88. The van der Waals surface area contributed by atoms with Crippen molar-refractivity contribution < 1.29 is 0 Å². The Morgan fingerprint density at radius 2 is 1.82 bits per heavy atom. The molecular weight excluding hydrogens is 210 g/mol. The van der Waals surface area contributed by atoms with Gasteiger partial charge >= 0.3 is 0 Å². The number of H-pyrrole nitrogens is 1. The molecule has 0 atom stereocenters. The molecule has 1 fully saturated rings. The Hall–Kier alpha value is -1.61. The molecule has 0 radical (unpaired) electrons. The van der Waals surface area contributed by atoms with Gasteiger partial charge in [0.1, 0.15) is 0 Å². The molecule has 0 amide bonds. The SMILES string of the molecule is NC1(c2cn[nH]c2-c2ccccc2)CCCC1. The molecule has 17 heavy (non-hydrogen) atoms. The van der Waals surface area contributed by atoms with E-state index in [1.54, 1.807) is 0 Å². The Kier molecular flexibility index (Phi) is 2.48. The van der Waals surface area contributed by atoms with Crippen LogP contribution in [0.5, 0.6) is 0 Å². The minimum atomic E-state index is -0.182. The van der Waals surface area contributed by atoms with Crippen LogP contribution in [0, 0.1) is 0 Å². The van der Waals surface area contributed by atoms with Crippen LogP contribution in [0.3, 0.4) is 0 Å². The minimum absolute atomic E-state index is 0.182. The fraction of sp³-hybridized carbons (Fsp3) is 0.357. The van der Waals surface area contributed by atoms with Crippen molar-refractivity contribution in [2.45, 2.75) is 31.2 Å². The number of aromatic amines is 1. The van der Waals surface area contributed by atoms with E-state index in [0.717, 1.165) is 24.1 Å². The van der Waals surface area contributed by atoms with E-state index >= 15 is 0 Å². The smallest absolute Gasteiger partial charge is 0.0700 e. The van der Waals surface area contributed by atoms with Gasteiger partial charge in [-0.2, -0.15) is 5.10 Å². The molecule has 3 heteroatoms. The number of aromatic nitrogens is 2. The zero-order valence-electron chi connectivity index (χ0n) is 9.82. The summed E-state index contributed by atoms with van der Waals surface area (Å²) in [6, 6.07) is 10.3. The molecule has 1 aromatic carbocycles. The highest BCUT2D eigenvalue weighted by Crippen LogP contribution is 2.39. The predicted molar refractivity (Wildman–Crippen MR) is 68.4 cm³/mol. The predicted octanol–water partition coefficient (Wildman–Crippen LogP) is 2.80. The van der Waals surface area contributed by atoms with Crippen LogP contribution in [0.1, 0.15) is 31.2 Å². The van der Waals surface area contributed by atoms with E-state index in [0.29, 0.717) is 0 Å². The number of benzene rings is 1. The molecule has 0 unspecified atom stereocenters. The van der Waals surface area contributed by atoms with Crippen molar-refractivity contribution in [3.63, 3.8) is 0 Å². The van der Waals surface area contributed by atoms with E-state index in [4.69, 9.17) is 5.73 Å². The van der Waals surface area contributed by atoms with Gasteiger partial charge in [-0.15, -0.1) is 0 Å². The lowest BCUT2D eigenvalue weighted by Gasteiger charge is -2.23. The van der Waals surface area contributed by atoms with Gasteiger partial charge in [0, 0.05) is 11.1 Å².